The van der Waals surface area contributed by atoms with Crippen LogP contribution in [0.4, 0.5) is 0 Å². The fraction of sp³-hybridized carbons (Fsp3) is 0.900. The third kappa shape index (κ3) is 4.86. The maximum atomic E-state index is 11.2. The van der Waals surface area contributed by atoms with E-state index in [2.05, 4.69) is 6.92 Å². The summed E-state index contributed by atoms with van der Waals surface area (Å²) >= 11 is 1.63. The number of carbonyl (C=O) groups is 1. The lowest BCUT2D eigenvalue weighted by atomic mass is 10.2. The molecule has 1 aliphatic heterocycles. The molecule has 0 aromatic heterocycles. The van der Waals surface area contributed by atoms with E-state index >= 15 is 0 Å². The molecule has 1 rings (SSSR count). The van der Waals surface area contributed by atoms with Crippen molar-refractivity contribution in [2.75, 3.05) is 24.7 Å². The number of carbonyl (C=O) groups excluding carboxylic acids is 1. The van der Waals surface area contributed by atoms with Crippen molar-refractivity contribution in [1.29, 1.82) is 0 Å². The molecule has 1 atom stereocenters. The van der Waals surface area contributed by atoms with Gasteiger partial charge >= 0.3 is 5.97 Å². The molecule has 0 aromatic rings. The highest BCUT2D eigenvalue weighted by Crippen LogP contribution is 2.12. The lowest BCUT2D eigenvalue weighted by Crippen LogP contribution is -2.18. The van der Waals surface area contributed by atoms with E-state index < -0.39 is 0 Å². The highest BCUT2D eigenvalue weighted by atomic mass is 32.2. The van der Waals surface area contributed by atoms with E-state index in [4.69, 9.17) is 9.47 Å². The van der Waals surface area contributed by atoms with E-state index in [1.165, 1.54) is 0 Å². The molecular weight excluding hydrogens is 200 g/mol. The maximum absolute atomic E-state index is 11.2. The molecule has 1 saturated heterocycles. The van der Waals surface area contributed by atoms with Crippen molar-refractivity contribution < 1.29 is 14.3 Å². The number of rotatable bonds is 6. The van der Waals surface area contributed by atoms with Gasteiger partial charge in [0.15, 0.2) is 0 Å². The second kappa shape index (κ2) is 7.12. The van der Waals surface area contributed by atoms with E-state index in [1.54, 1.807) is 11.8 Å². The Bertz CT molecular complexity index is 167. The summed E-state index contributed by atoms with van der Waals surface area (Å²) in [7, 11) is 0. The summed E-state index contributed by atoms with van der Waals surface area (Å²) in [5, 5.41) is 0. The van der Waals surface area contributed by atoms with Crippen LogP contribution in [0.2, 0.25) is 0 Å². The van der Waals surface area contributed by atoms with Crippen LogP contribution in [0, 0.1) is 0 Å². The molecule has 0 bridgehead atoms. The topological polar surface area (TPSA) is 35.5 Å². The molecule has 0 aliphatic carbocycles. The van der Waals surface area contributed by atoms with E-state index in [0.717, 1.165) is 31.6 Å². The first-order valence-electron chi connectivity index (χ1n) is 5.18. The lowest BCUT2D eigenvalue weighted by molar-refractivity contribution is -0.143. The Morgan fingerprint density at radius 3 is 3.14 bits per heavy atom. The molecule has 0 spiro atoms. The Labute approximate surface area is 89.5 Å². The van der Waals surface area contributed by atoms with Crippen molar-refractivity contribution in [1.82, 2.24) is 0 Å². The number of thioether (sulfide) groups is 1. The zero-order valence-corrected chi connectivity index (χ0v) is 9.48. The monoisotopic (exact) mass is 218 g/mol. The molecule has 3 nitrogen and oxygen atoms in total. The van der Waals surface area contributed by atoms with Gasteiger partial charge in [-0.2, -0.15) is 11.8 Å². The van der Waals surface area contributed by atoms with Gasteiger partial charge in [-0.15, -0.1) is 0 Å². The molecule has 1 fully saturated rings. The summed E-state index contributed by atoms with van der Waals surface area (Å²) in [5.41, 5.74) is 0. The van der Waals surface area contributed by atoms with Crippen LogP contribution >= 0.6 is 11.8 Å². The first-order valence-corrected chi connectivity index (χ1v) is 6.33. The highest BCUT2D eigenvalue weighted by Gasteiger charge is 2.17. The van der Waals surface area contributed by atoms with Crippen LogP contribution in [0.25, 0.3) is 0 Å². The van der Waals surface area contributed by atoms with Crippen molar-refractivity contribution in [2.45, 2.75) is 32.3 Å². The van der Waals surface area contributed by atoms with Gasteiger partial charge in [0.1, 0.15) is 6.61 Å². The van der Waals surface area contributed by atoms with E-state index in [9.17, 15) is 4.79 Å². The fourth-order valence-corrected chi connectivity index (χ4v) is 1.99. The summed E-state index contributed by atoms with van der Waals surface area (Å²) in [4.78, 5) is 11.2. The largest absolute Gasteiger partial charge is 0.462 e. The Morgan fingerprint density at radius 1 is 1.64 bits per heavy atom. The van der Waals surface area contributed by atoms with Crippen LogP contribution in [-0.4, -0.2) is 36.8 Å². The van der Waals surface area contributed by atoms with E-state index in [0.29, 0.717) is 12.4 Å². The Morgan fingerprint density at radius 2 is 2.50 bits per heavy atom. The van der Waals surface area contributed by atoms with Crippen LogP contribution in [-0.2, 0) is 14.3 Å². The van der Waals surface area contributed by atoms with Crippen molar-refractivity contribution in [3.8, 4) is 0 Å². The maximum Gasteiger partial charge on any atom is 0.315 e. The van der Waals surface area contributed by atoms with Crippen LogP contribution in [0.1, 0.15) is 26.2 Å². The van der Waals surface area contributed by atoms with Gasteiger partial charge in [-0.25, -0.2) is 0 Å². The molecule has 14 heavy (non-hydrogen) atoms. The minimum Gasteiger partial charge on any atom is -0.462 e. The molecule has 1 heterocycles. The molecule has 1 unspecified atom stereocenters. The molecule has 82 valence electrons. The number of hydrogen-bond donors (Lipinski definition) is 0. The zero-order valence-electron chi connectivity index (χ0n) is 8.66. The van der Waals surface area contributed by atoms with Gasteiger partial charge in [-0.3, -0.25) is 4.79 Å². The predicted octanol–water partition coefficient (Wildman–Crippen LogP) is 1.85. The average molecular weight is 218 g/mol. The second-order valence-electron chi connectivity index (χ2n) is 3.37. The molecular formula is C10H18O3S. The molecule has 1 aliphatic rings. The quantitative estimate of drug-likeness (QED) is 0.503. The van der Waals surface area contributed by atoms with Gasteiger partial charge in [0.2, 0.25) is 0 Å². The third-order valence-corrected chi connectivity index (χ3v) is 3.16. The summed E-state index contributed by atoms with van der Waals surface area (Å²) in [6.07, 6.45) is 3.36. The first-order chi connectivity index (χ1) is 6.83. The molecule has 0 radical (unpaired) electrons. The van der Waals surface area contributed by atoms with Crippen molar-refractivity contribution in [3.05, 3.63) is 0 Å². The normalized spacial score (nSPS) is 21.1. The molecule has 0 N–H and O–H groups in total. The minimum absolute atomic E-state index is 0.112. The van der Waals surface area contributed by atoms with Crippen LogP contribution in [0.5, 0.6) is 0 Å². The van der Waals surface area contributed by atoms with E-state index in [-0.39, 0.29) is 12.1 Å². The van der Waals surface area contributed by atoms with Gasteiger partial charge in [0.25, 0.3) is 0 Å². The van der Waals surface area contributed by atoms with Gasteiger partial charge in [-0.1, -0.05) is 6.92 Å². The molecule has 0 saturated carbocycles. The van der Waals surface area contributed by atoms with Crippen LogP contribution in [0.15, 0.2) is 0 Å². The summed E-state index contributed by atoms with van der Waals surface area (Å²) < 4.78 is 10.4. The smallest absolute Gasteiger partial charge is 0.315 e. The number of esters is 1. The summed E-state index contributed by atoms with van der Waals surface area (Å²) in [6, 6.07) is 0. The Balaban J connectivity index is 1.96. The van der Waals surface area contributed by atoms with Crippen LogP contribution < -0.4 is 0 Å². The second-order valence-corrected chi connectivity index (χ2v) is 4.48. The van der Waals surface area contributed by atoms with Crippen LogP contribution in [0.3, 0.4) is 0 Å². The fourth-order valence-electron chi connectivity index (χ4n) is 1.30. The lowest BCUT2D eigenvalue weighted by Gasteiger charge is -2.09. The van der Waals surface area contributed by atoms with Crippen molar-refractivity contribution in [3.63, 3.8) is 0 Å². The summed E-state index contributed by atoms with van der Waals surface area (Å²) in [5.74, 6) is 1.38. The van der Waals surface area contributed by atoms with Crippen molar-refractivity contribution >= 4 is 17.7 Å². The Kier molecular flexibility index (Phi) is 6.03. The highest BCUT2D eigenvalue weighted by molar-refractivity contribution is 7.99. The Hall–Kier alpha value is -0.220. The van der Waals surface area contributed by atoms with Gasteiger partial charge in [0.05, 0.1) is 11.9 Å². The van der Waals surface area contributed by atoms with Gasteiger partial charge < -0.3 is 9.47 Å². The first kappa shape index (κ1) is 11.9. The predicted molar refractivity (Wildman–Crippen MR) is 57.5 cm³/mol. The SMILES string of the molecule is CCCSCC(=O)OCC1CCCO1. The summed E-state index contributed by atoms with van der Waals surface area (Å²) in [6.45, 7) is 3.35. The average Bonchev–Trinajstić information content (AvgIpc) is 2.68. The number of hydrogen-bond acceptors (Lipinski definition) is 4. The zero-order chi connectivity index (χ0) is 10.2. The molecule has 0 aromatic carbocycles. The van der Waals surface area contributed by atoms with Crippen molar-refractivity contribution in [2.24, 2.45) is 0 Å². The number of ether oxygens (including phenoxy) is 2. The van der Waals surface area contributed by atoms with Gasteiger partial charge in [0, 0.05) is 6.61 Å². The molecule has 4 heteroatoms. The van der Waals surface area contributed by atoms with E-state index in [1.807, 2.05) is 0 Å². The standard InChI is InChI=1S/C10H18O3S/c1-2-6-14-8-10(11)13-7-9-4-3-5-12-9/h9H,2-8H2,1H3. The van der Waals surface area contributed by atoms with Gasteiger partial charge in [-0.05, 0) is 25.0 Å². The minimum atomic E-state index is -0.112. The third-order valence-electron chi connectivity index (χ3n) is 2.02. The molecule has 0 amide bonds.